The minimum atomic E-state index is -0.656. The number of allylic oxidation sites excluding steroid dienone is 1. The number of nitrogens with one attached hydrogen (secondary N) is 2. The summed E-state index contributed by atoms with van der Waals surface area (Å²) >= 11 is 0. The van der Waals surface area contributed by atoms with E-state index in [9.17, 15) is 18.8 Å². The highest BCUT2D eigenvalue weighted by atomic mass is 19.1. The van der Waals surface area contributed by atoms with Gasteiger partial charge in [0, 0.05) is 43.5 Å². The monoisotopic (exact) mass is 467 g/mol. The van der Waals surface area contributed by atoms with Crippen molar-refractivity contribution in [3.05, 3.63) is 59.2 Å². The minimum absolute atomic E-state index is 0.187. The second-order valence-electron chi connectivity index (χ2n) is 8.79. The fraction of sp³-hybridized carbons (Fsp3) is 0.417. The highest BCUT2D eigenvalue weighted by Crippen LogP contribution is 2.38. The Morgan fingerprint density at radius 3 is 2.79 bits per heavy atom. The van der Waals surface area contributed by atoms with Crippen LogP contribution in [0, 0.1) is 17.1 Å². The van der Waals surface area contributed by atoms with E-state index >= 15 is 0 Å². The summed E-state index contributed by atoms with van der Waals surface area (Å²) in [5, 5.41) is 20.6. The maximum absolute atomic E-state index is 13.5. The number of primary amides is 1. The van der Waals surface area contributed by atoms with Gasteiger partial charge in [0.2, 0.25) is 5.97 Å². The summed E-state index contributed by atoms with van der Waals surface area (Å²) in [6.45, 7) is 0.865. The van der Waals surface area contributed by atoms with Crippen LogP contribution in [0.25, 0.3) is 0 Å². The van der Waals surface area contributed by atoms with Crippen LogP contribution in [0.3, 0.4) is 0 Å². The van der Waals surface area contributed by atoms with Gasteiger partial charge in [-0.3, -0.25) is 14.5 Å². The molecule has 0 atom stereocenters. The molecule has 0 spiro atoms. The second kappa shape index (κ2) is 10.1. The number of amides is 1. The fourth-order valence-electron chi connectivity index (χ4n) is 4.59. The Labute approximate surface area is 196 Å². The first-order valence-electron chi connectivity index (χ1n) is 11.3. The Kier molecular flexibility index (Phi) is 7.03. The first-order chi connectivity index (χ1) is 16.4. The molecule has 1 aliphatic carbocycles. The number of dihydropyridines is 1. The molecule has 4 N–H and O–H groups in total. The van der Waals surface area contributed by atoms with Crippen LogP contribution >= 0.6 is 0 Å². The zero-order valence-electron chi connectivity index (χ0n) is 18.7. The number of benzene rings is 1. The van der Waals surface area contributed by atoms with E-state index in [1.54, 1.807) is 16.9 Å². The number of carbonyl (C=O) groups excluding carboxylic acids is 1. The first-order valence-corrected chi connectivity index (χ1v) is 11.3. The standard InChI is InChI=1S/C24H27F2N7O/c25-17-3-1-2-16(12-17)14-30-18-4-7-24(8-5-18,9-10-27)33-15-20(22(28)34)23(32-33)31-19-6-11-29-21(26)13-19/h1-3,12-13,15,18,30H,4-9,11,14H2,(H2,28,34)(H,31,32). The van der Waals surface area contributed by atoms with Crippen molar-refractivity contribution in [1.82, 2.24) is 15.1 Å². The lowest BCUT2D eigenvalue weighted by molar-refractivity contribution is 0.1000. The lowest BCUT2D eigenvalue weighted by Gasteiger charge is -2.39. The molecule has 1 amide bonds. The number of nitriles is 1. The van der Waals surface area contributed by atoms with Crippen molar-refractivity contribution in [1.29, 1.82) is 5.26 Å². The van der Waals surface area contributed by atoms with Crippen LogP contribution in [-0.2, 0) is 12.1 Å². The van der Waals surface area contributed by atoms with Gasteiger partial charge in [0.25, 0.3) is 5.91 Å². The number of rotatable bonds is 8. The van der Waals surface area contributed by atoms with Crippen molar-refractivity contribution in [2.45, 2.75) is 56.7 Å². The Morgan fingerprint density at radius 2 is 2.12 bits per heavy atom. The molecule has 4 rings (SSSR count). The number of halogens is 2. The Balaban J connectivity index is 1.49. The molecule has 1 fully saturated rings. The predicted molar refractivity (Wildman–Crippen MR) is 124 cm³/mol. The zero-order chi connectivity index (χ0) is 24.1. The van der Waals surface area contributed by atoms with E-state index in [2.05, 4.69) is 26.8 Å². The predicted octanol–water partition coefficient (Wildman–Crippen LogP) is 3.53. The van der Waals surface area contributed by atoms with E-state index in [1.807, 2.05) is 6.07 Å². The number of aliphatic imine (C=N–C) groups is 1. The average molecular weight is 468 g/mol. The van der Waals surface area contributed by atoms with E-state index in [0.29, 0.717) is 38.0 Å². The topological polar surface area (TPSA) is 121 Å². The van der Waals surface area contributed by atoms with E-state index in [-0.39, 0.29) is 29.7 Å². The van der Waals surface area contributed by atoms with Gasteiger partial charge in [-0.1, -0.05) is 12.1 Å². The molecule has 0 unspecified atom stereocenters. The summed E-state index contributed by atoms with van der Waals surface area (Å²) in [5.41, 5.74) is 6.62. The number of carbonyl (C=O) groups is 1. The molecule has 0 radical (unpaired) electrons. The molecule has 0 bridgehead atoms. The van der Waals surface area contributed by atoms with Gasteiger partial charge in [0.1, 0.15) is 11.4 Å². The van der Waals surface area contributed by atoms with Crippen molar-refractivity contribution in [2.75, 3.05) is 11.9 Å². The van der Waals surface area contributed by atoms with Gasteiger partial charge in [0.15, 0.2) is 5.82 Å². The number of nitrogens with zero attached hydrogens (tertiary/aromatic N) is 4. The summed E-state index contributed by atoms with van der Waals surface area (Å²) in [6, 6.07) is 8.98. The number of aromatic nitrogens is 2. The summed E-state index contributed by atoms with van der Waals surface area (Å²) < 4.78 is 28.6. The molecular formula is C24H27F2N7O. The molecule has 10 heteroatoms. The molecule has 2 aromatic rings. The molecule has 34 heavy (non-hydrogen) atoms. The molecule has 8 nitrogen and oxygen atoms in total. The number of anilines is 1. The van der Waals surface area contributed by atoms with Crippen LogP contribution in [0.1, 0.15) is 54.4 Å². The quantitative estimate of drug-likeness (QED) is 0.548. The largest absolute Gasteiger partial charge is 0.365 e. The van der Waals surface area contributed by atoms with Crippen LogP contribution in [0.15, 0.2) is 47.2 Å². The maximum atomic E-state index is 13.5. The Bertz CT molecular complexity index is 1160. The molecule has 178 valence electrons. The van der Waals surface area contributed by atoms with Crippen molar-refractivity contribution in [2.24, 2.45) is 10.7 Å². The van der Waals surface area contributed by atoms with Crippen LogP contribution in [0.2, 0.25) is 0 Å². The summed E-state index contributed by atoms with van der Waals surface area (Å²) in [5.74, 6) is -1.25. The highest BCUT2D eigenvalue weighted by molar-refractivity contribution is 5.98. The van der Waals surface area contributed by atoms with E-state index in [1.165, 1.54) is 18.2 Å². The van der Waals surface area contributed by atoms with Gasteiger partial charge in [-0.25, -0.2) is 4.39 Å². The number of hydrogen-bond acceptors (Lipinski definition) is 6. The number of nitrogens with two attached hydrogens (primary N) is 1. The van der Waals surface area contributed by atoms with Crippen LogP contribution in [0.5, 0.6) is 0 Å². The van der Waals surface area contributed by atoms with Gasteiger partial charge in [-0.15, -0.1) is 0 Å². The third kappa shape index (κ3) is 5.31. The molecule has 2 heterocycles. The second-order valence-corrected chi connectivity index (χ2v) is 8.79. The molecule has 1 aromatic heterocycles. The molecule has 1 saturated carbocycles. The van der Waals surface area contributed by atoms with Gasteiger partial charge < -0.3 is 16.4 Å². The van der Waals surface area contributed by atoms with Crippen molar-refractivity contribution < 1.29 is 13.6 Å². The van der Waals surface area contributed by atoms with E-state index < -0.39 is 17.4 Å². The Morgan fingerprint density at radius 1 is 1.32 bits per heavy atom. The lowest BCUT2D eigenvalue weighted by atomic mass is 9.77. The van der Waals surface area contributed by atoms with Gasteiger partial charge in [0.05, 0.1) is 18.0 Å². The van der Waals surface area contributed by atoms with Gasteiger partial charge >= 0.3 is 0 Å². The van der Waals surface area contributed by atoms with E-state index in [0.717, 1.165) is 18.4 Å². The summed E-state index contributed by atoms with van der Waals surface area (Å²) in [4.78, 5) is 15.8. The molecule has 2 aliphatic rings. The van der Waals surface area contributed by atoms with Crippen LogP contribution in [-0.4, -0.2) is 34.2 Å². The smallest absolute Gasteiger partial charge is 0.254 e. The average Bonchev–Trinajstić information content (AvgIpc) is 3.24. The van der Waals surface area contributed by atoms with Gasteiger partial charge in [-0.05, 0) is 43.4 Å². The summed E-state index contributed by atoms with van der Waals surface area (Å²) in [7, 11) is 0. The Hall–Kier alpha value is -3.58. The van der Waals surface area contributed by atoms with E-state index in [4.69, 9.17) is 5.73 Å². The third-order valence-corrected chi connectivity index (χ3v) is 6.49. The minimum Gasteiger partial charge on any atom is -0.365 e. The lowest BCUT2D eigenvalue weighted by Crippen LogP contribution is -2.43. The van der Waals surface area contributed by atoms with Crippen molar-refractivity contribution in [3.8, 4) is 6.07 Å². The summed E-state index contributed by atoms with van der Waals surface area (Å²) in [6.07, 6.45) is 6.49. The molecule has 1 aliphatic heterocycles. The fourth-order valence-corrected chi connectivity index (χ4v) is 4.59. The van der Waals surface area contributed by atoms with Gasteiger partial charge in [-0.2, -0.15) is 14.8 Å². The molecule has 1 aromatic carbocycles. The molecular weight excluding hydrogens is 440 g/mol. The number of hydrogen-bond donors (Lipinski definition) is 3. The molecule has 0 saturated heterocycles. The zero-order valence-corrected chi connectivity index (χ0v) is 18.7. The SMILES string of the molecule is N#CCC1(n2cc(C(N)=O)c(NC3=CC(F)=NCC3)n2)CCC(NCc2cccc(F)c2)CC1. The van der Waals surface area contributed by atoms with Crippen molar-refractivity contribution >= 4 is 17.7 Å². The highest BCUT2D eigenvalue weighted by Gasteiger charge is 2.38. The van der Waals surface area contributed by atoms with Crippen LogP contribution in [0.4, 0.5) is 14.6 Å². The third-order valence-electron chi connectivity index (χ3n) is 6.49. The first kappa shape index (κ1) is 23.6. The van der Waals surface area contributed by atoms with Crippen molar-refractivity contribution in [3.63, 3.8) is 0 Å². The van der Waals surface area contributed by atoms with Crippen LogP contribution < -0.4 is 16.4 Å². The maximum Gasteiger partial charge on any atom is 0.254 e. The normalized spacial score (nSPS) is 22.4.